The van der Waals surface area contributed by atoms with Crippen LogP contribution in [0.4, 0.5) is 45.5 Å². The van der Waals surface area contributed by atoms with E-state index in [-0.39, 0.29) is 22.9 Å². The van der Waals surface area contributed by atoms with Crippen molar-refractivity contribution in [3.8, 4) is 17.2 Å². The van der Waals surface area contributed by atoms with Crippen molar-refractivity contribution in [3.05, 3.63) is 138 Å². The maximum Gasteiger partial charge on any atom is 0.151 e. The van der Waals surface area contributed by atoms with Crippen LogP contribution in [0, 0.1) is 27.7 Å². The fourth-order valence-corrected chi connectivity index (χ4v) is 5.92. The van der Waals surface area contributed by atoms with Crippen LogP contribution >= 0.6 is 0 Å². The summed E-state index contributed by atoms with van der Waals surface area (Å²) in [4.78, 5) is 0. The first kappa shape index (κ1) is 34.5. The Kier molecular flexibility index (Phi) is 9.59. The highest BCUT2D eigenvalue weighted by Crippen LogP contribution is 2.44. The number of aryl methyl sites for hydroxylation is 4. The number of nitrogens with one attached hydrogen (secondary N) is 1. The van der Waals surface area contributed by atoms with Gasteiger partial charge in [-0.1, -0.05) is 59.2 Å². The Morgan fingerprint density at radius 1 is 0.491 bits per heavy atom. The van der Waals surface area contributed by atoms with E-state index in [2.05, 4.69) is 36.0 Å². The first-order valence-corrected chi connectivity index (χ1v) is 17.0. The minimum absolute atomic E-state index is 0.0155. The van der Waals surface area contributed by atoms with Crippen LogP contribution in [0.3, 0.4) is 0 Å². The summed E-state index contributed by atoms with van der Waals surface area (Å²) >= 11 is 0. The van der Waals surface area contributed by atoms with Gasteiger partial charge in [0.05, 0.1) is 24.2 Å². The predicted molar refractivity (Wildman–Crippen MR) is 212 cm³/mol. The number of hydrogen-bond donors (Lipinski definition) is 3. The summed E-state index contributed by atoms with van der Waals surface area (Å²) in [7, 11) is 1.50. The summed E-state index contributed by atoms with van der Waals surface area (Å²) in [5, 5.41) is 55.5. The highest BCUT2D eigenvalue weighted by Gasteiger charge is 2.14. The molecule has 0 aliphatic heterocycles. The zero-order valence-electron chi connectivity index (χ0n) is 30.0. The minimum Gasteiger partial charge on any atom is -0.506 e. The lowest BCUT2D eigenvalue weighted by Crippen LogP contribution is -1.90. The summed E-state index contributed by atoms with van der Waals surface area (Å²) in [6, 6.07) is 36.3. The summed E-state index contributed by atoms with van der Waals surface area (Å²) in [5.41, 5.74) is 8.66. The van der Waals surface area contributed by atoms with Crippen LogP contribution in [0.25, 0.3) is 21.5 Å². The van der Waals surface area contributed by atoms with Gasteiger partial charge in [0.2, 0.25) is 0 Å². The lowest BCUT2D eigenvalue weighted by atomic mass is 10.0. The third-order valence-corrected chi connectivity index (χ3v) is 8.85. The molecule has 7 rings (SSSR count). The number of phenolic OH excluding ortho intramolecular Hbond substituents is 2. The largest absolute Gasteiger partial charge is 0.506 e. The molecule has 0 spiro atoms. The van der Waals surface area contributed by atoms with Gasteiger partial charge in [-0.3, -0.25) is 0 Å². The van der Waals surface area contributed by atoms with Crippen LogP contribution in [-0.4, -0.2) is 17.3 Å². The van der Waals surface area contributed by atoms with Crippen molar-refractivity contribution in [2.45, 2.75) is 27.7 Å². The van der Waals surface area contributed by atoms with Gasteiger partial charge in [-0.25, -0.2) is 0 Å². The first-order chi connectivity index (χ1) is 25.6. The Morgan fingerprint density at radius 3 is 1.85 bits per heavy atom. The van der Waals surface area contributed by atoms with Crippen molar-refractivity contribution in [1.29, 1.82) is 0 Å². The molecule has 10 heteroatoms. The maximum absolute atomic E-state index is 11.3. The molecule has 0 aromatic heterocycles. The molecule has 0 aliphatic rings. The molecule has 0 atom stereocenters. The van der Waals surface area contributed by atoms with E-state index in [0.29, 0.717) is 28.2 Å². The van der Waals surface area contributed by atoms with Crippen molar-refractivity contribution < 1.29 is 14.9 Å². The topological polar surface area (TPSA) is 136 Å². The molecule has 0 saturated heterocycles. The number of rotatable bonds is 9. The number of anilines is 2. The molecule has 0 fully saturated rings. The molecule has 0 bridgehead atoms. The van der Waals surface area contributed by atoms with Gasteiger partial charge in [-0.15, -0.1) is 25.6 Å². The van der Waals surface area contributed by atoms with E-state index in [9.17, 15) is 10.2 Å². The fraction of sp³-hybridized carbons (Fsp3) is 0.116. The monoisotopic (exact) mass is 699 g/mol. The molecular formula is C43H37N7O3. The van der Waals surface area contributed by atoms with E-state index < -0.39 is 0 Å². The van der Waals surface area contributed by atoms with Gasteiger partial charge in [0, 0.05) is 39.7 Å². The molecule has 0 radical (unpaired) electrons. The molecule has 0 aliphatic carbocycles. The van der Waals surface area contributed by atoms with E-state index in [1.807, 2.05) is 131 Å². The third-order valence-electron chi connectivity index (χ3n) is 8.85. The molecule has 0 saturated carbocycles. The Bertz CT molecular complexity index is 2580. The fourth-order valence-electron chi connectivity index (χ4n) is 5.92. The molecule has 53 heavy (non-hydrogen) atoms. The van der Waals surface area contributed by atoms with Crippen molar-refractivity contribution in [1.82, 2.24) is 0 Å². The number of phenols is 2. The van der Waals surface area contributed by atoms with Crippen LogP contribution < -0.4 is 10.1 Å². The SMILES string of the molecule is COc1cc(N=Nc2c(C)cc3ccc(Nc4ccc(C)cc4)cc3c2O)c(O)cc1N=Nc1ccc(N=Nc2ccc(C)cc2)c2ccc(C)cc12. The van der Waals surface area contributed by atoms with Crippen molar-refractivity contribution >= 4 is 67.0 Å². The average molecular weight is 700 g/mol. The second-order valence-corrected chi connectivity index (χ2v) is 12.9. The van der Waals surface area contributed by atoms with Crippen LogP contribution in [-0.2, 0) is 0 Å². The highest BCUT2D eigenvalue weighted by atomic mass is 16.5. The number of fused-ring (bicyclic) bond motifs is 2. The van der Waals surface area contributed by atoms with Gasteiger partial charge in [0.25, 0.3) is 0 Å². The number of benzene rings is 7. The van der Waals surface area contributed by atoms with E-state index >= 15 is 0 Å². The Balaban J connectivity index is 1.16. The number of azo groups is 3. The van der Waals surface area contributed by atoms with Crippen LogP contribution in [0.2, 0.25) is 0 Å². The number of nitrogens with zero attached hydrogens (tertiary/aromatic N) is 6. The number of hydrogen-bond acceptors (Lipinski definition) is 10. The Hall–Kier alpha value is -6.94. The number of methoxy groups -OCH3 is 1. The van der Waals surface area contributed by atoms with Crippen LogP contribution in [0.15, 0.2) is 146 Å². The predicted octanol–water partition coefficient (Wildman–Crippen LogP) is 13.6. The van der Waals surface area contributed by atoms with Crippen molar-refractivity contribution in [3.63, 3.8) is 0 Å². The lowest BCUT2D eigenvalue weighted by Gasteiger charge is -2.11. The number of aromatic hydroxyl groups is 2. The smallest absolute Gasteiger partial charge is 0.151 e. The van der Waals surface area contributed by atoms with Gasteiger partial charge < -0.3 is 20.3 Å². The molecule has 0 amide bonds. The van der Waals surface area contributed by atoms with Gasteiger partial charge >= 0.3 is 0 Å². The van der Waals surface area contributed by atoms with E-state index in [0.717, 1.165) is 49.9 Å². The van der Waals surface area contributed by atoms with Gasteiger partial charge in [0.15, 0.2) is 5.75 Å². The second kappa shape index (κ2) is 14.7. The zero-order chi connectivity index (χ0) is 37.1. The summed E-state index contributed by atoms with van der Waals surface area (Å²) < 4.78 is 5.61. The van der Waals surface area contributed by atoms with Gasteiger partial charge in [0.1, 0.15) is 28.6 Å². The van der Waals surface area contributed by atoms with E-state index in [1.165, 1.54) is 24.8 Å². The first-order valence-electron chi connectivity index (χ1n) is 17.0. The summed E-state index contributed by atoms with van der Waals surface area (Å²) in [5.74, 6) is 0.132. The molecule has 3 N–H and O–H groups in total. The zero-order valence-corrected chi connectivity index (χ0v) is 30.0. The summed E-state index contributed by atoms with van der Waals surface area (Å²) in [6.45, 7) is 7.93. The molecule has 0 heterocycles. The molecule has 262 valence electrons. The van der Waals surface area contributed by atoms with Crippen molar-refractivity contribution in [2.24, 2.45) is 30.7 Å². The molecule has 7 aromatic carbocycles. The Labute approximate surface area is 306 Å². The quantitative estimate of drug-likeness (QED) is 0.129. The van der Waals surface area contributed by atoms with E-state index in [1.54, 1.807) is 0 Å². The van der Waals surface area contributed by atoms with Gasteiger partial charge in [-0.05, 0) is 99.3 Å². The average Bonchev–Trinajstić information content (AvgIpc) is 3.15. The maximum atomic E-state index is 11.3. The van der Waals surface area contributed by atoms with Crippen LogP contribution in [0.1, 0.15) is 22.3 Å². The van der Waals surface area contributed by atoms with Gasteiger partial charge in [-0.2, -0.15) is 5.11 Å². The second-order valence-electron chi connectivity index (χ2n) is 12.9. The van der Waals surface area contributed by atoms with Crippen molar-refractivity contribution in [2.75, 3.05) is 12.4 Å². The lowest BCUT2D eigenvalue weighted by molar-refractivity contribution is 0.413. The molecule has 10 nitrogen and oxygen atoms in total. The summed E-state index contributed by atoms with van der Waals surface area (Å²) in [6.07, 6.45) is 0. The molecule has 0 unspecified atom stereocenters. The Morgan fingerprint density at radius 2 is 1.11 bits per heavy atom. The highest BCUT2D eigenvalue weighted by molar-refractivity contribution is 6.00. The van der Waals surface area contributed by atoms with E-state index in [4.69, 9.17) is 4.74 Å². The molecular weight excluding hydrogens is 663 g/mol. The third kappa shape index (κ3) is 7.57. The molecule has 7 aromatic rings. The number of ether oxygens (including phenoxy) is 1. The standard InChI is InChI=1S/C43H37N7O3/c1-25-6-12-30(13-7-25)44-32-16-11-29-21-28(4)42(43(52)34(29)22-32)50-48-38-24-41(53-5)39(23-40(38)51)49-47-37-19-18-36(33-17-10-27(3)20-35(33)37)46-45-31-14-8-26(2)9-15-31/h6-24,44,51-52H,1-5H3. The minimum atomic E-state index is -0.182. The van der Waals surface area contributed by atoms with Crippen LogP contribution in [0.5, 0.6) is 17.2 Å². The normalized spacial score (nSPS) is 11.8.